The number of carbonyl (C=O) groups excluding carboxylic acids is 1. The van der Waals surface area contributed by atoms with E-state index < -0.39 is 6.43 Å². The summed E-state index contributed by atoms with van der Waals surface area (Å²) in [6.07, 6.45) is -1.14. The normalized spacial score (nSPS) is 16.6. The minimum atomic E-state index is -2.67. The summed E-state index contributed by atoms with van der Waals surface area (Å²) in [6.45, 7) is 4.66. The number of hydrogen-bond donors (Lipinski definition) is 3. The van der Waals surface area contributed by atoms with E-state index in [1.807, 2.05) is 18.5 Å². The SMILES string of the molecule is CC(C)c1nc2n(n1)CC(NC(=O)Nc1ccc3nc(C(F)F)[nH]c3c1)CC2. The number of nitrogens with one attached hydrogen (secondary N) is 3. The van der Waals surface area contributed by atoms with Crippen molar-refractivity contribution in [2.75, 3.05) is 5.32 Å². The maximum atomic E-state index is 12.7. The van der Waals surface area contributed by atoms with E-state index in [4.69, 9.17) is 0 Å². The molecule has 2 aromatic heterocycles. The molecule has 0 bridgehead atoms. The Morgan fingerprint density at radius 3 is 2.89 bits per heavy atom. The average Bonchev–Trinajstić information content (AvgIpc) is 3.24. The van der Waals surface area contributed by atoms with Gasteiger partial charge in [0.1, 0.15) is 5.82 Å². The van der Waals surface area contributed by atoms with Crippen molar-refractivity contribution in [2.45, 2.75) is 51.6 Å². The van der Waals surface area contributed by atoms with Crippen LogP contribution in [0.15, 0.2) is 18.2 Å². The molecule has 0 radical (unpaired) electrons. The van der Waals surface area contributed by atoms with Crippen molar-refractivity contribution < 1.29 is 13.6 Å². The lowest BCUT2D eigenvalue weighted by Crippen LogP contribution is -2.43. The highest BCUT2D eigenvalue weighted by molar-refractivity contribution is 5.92. The lowest BCUT2D eigenvalue weighted by Gasteiger charge is -2.23. The minimum Gasteiger partial charge on any atom is -0.337 e. The van der Waals surface area contributed by atoms with Gasteiger partial charge in [0.25, 0.3) is 6.43 Å². The summed E-state index contributed by atoms with van der Waals surface area (Å²) in [4.78, 5) is 23.3. The second-order valence-corrected chi connectivity index (χ2v) is 7.21. The Morgan fingerprint density at radius 2 is 2.14 bits per heavy atom. The van der Waals surface area contributed by atoms with E-state index >= 15 is 0 Å². The third kappa shape index (κ3) is 3.67. The Bertz CT molecular complexity index is 1010. The number of imidazole rings is 1. The molecule has 0 saturated heterocycles. The molecular weight excluding hydrogens is 368 g/mol. The number of carbonyl (C=O) groups is 1. The topological polar surface area (TPSA) is 101 Å². The average molecular weight is 389 g/mol. The van der Waals surface area contributed by atoms with Crippen molar-refractivity contribution >= 4 is 22.8 Å². The minimum absolute atomic E-state index is 0.0597. The molecule has 0 fully saturated rings. The maximum Gasteiger partial charge on any atom is 0.319 e. The number of benzene rings is 1. The summed E-state index contributed by atoms with van der Waals surface area (Å²) in [7, 11) is 0. The molecule has 3 heterocycles. The number of aromatic nitrogens is 5. The first kappa shape index (κ1) is 18.3. The number of rotatable bonds is 4. The largest absolute Gasteiger partial charge is 0.337 e. The highest BCUT2D eigenvalue weighted by atomic mass is 19.3. The van der Waals surface area contributed by atoms with Gasteiger partial charge in [-0.25, -0.2) is 28.2 Å². The first-order chi connectivity index (χ1) is 13.4. The number of amides is 2. The molecular formula is C18H21F2N7O. The highest BCUT2D eigenvalue weighted by Crippen LogP contribution is 2.22. The van der Waals surface area contributed by atoms with Crippen molar-refractivity contribution in [3.63, 3.8) is 0 Å². The van der Waals surface area contributed by atoms with Gasteiger partial charge in [-0.15, -0.1) is 0 Å². The molecule has 28 heavy (non-hydrogen) atoms. The molecule has 3 aromatic rings. The Labute approximate surface area is 159 Å². The van der Waals surface area contributed by atoms with Gasteiger partial charge in [-0.3, -0.25) is 0 Å². The van der Waals surface area contributed by atoms with Gasteiger partial charge in [-0.1, -0.05) is 13.8 Å². The Kier molecular flexibility index (Phi) is 4.70. The second kappa shape index (κ2) is 7.17. The molecule has 1 aliphatic rings. The lowest BCUT2D eigenvalue weighted by atomic mass is 10.1. The van der Waals surface area contributed by atoms with Crippen LogP contribution >= 0.6 is 0 Å². The van der Waals surface area contributed by atoms with E-state index in [2.05, 4.69) is 30.7 Å². The monoisotopic (exact) mass is 389 g/mol. The standard InChI is InChI=1S/C18H21F2N7O/c1-9(2)16-25-14-6-4-11(8-27(14)26-16)22-18(28)21-10-3-5-12-13(7-10)24-17(23-12)15(19)20/h3,5,7,9,11,15H,4,6,8H2,1-2H3,(H,23,24)(H2,21,22,28). The van der Waals surface area contributed by atoms with Gasteiger partial charge < -0.3 is 15.6 Å². The van der Waals surface area contributed by atoms with Crippen LogP contribution in [-0.4, -0.2) is 36.8 Å². The number of hydrogen-bond acceptors (Lipinski definition) is 4. The van der Waals surface area contributed by atoms with Crippen LogP contribution < -0.4 is 10.6 Å². The zero-order chi connectivity index (χ0) is 19.8. The fourth-order valence-electron chi connectivity index (χ4n) is 3.25. The third-order valence-corrected chi connectivity index (χ3v) is 4.69. The first-order valence-corrected chi connectivity index (χ1v) is 9.18. The molecule has 0 spiro atoms. The molecule has 0 saturated carbocycles. The number of anilines is 1. The molecule has 4 rings (SSSR count). The van der Waals surface area contributed by atoms with Crippen LogP contribution in [-0.2, 0) is 13.0 Å². The van der Waals surface area contributed by atoms with Crippen molar-refractivity contribution in [3.8, 4) is 0 Å². The predicted molar refractivity (Wildman–Crippen MR) is 99.4 cm³/mol. The van der Waals surface area contributed by atoms with E-state index in [9.17, 15) is 13.6 Å². The van der Waals surface area contributed by atoms with Gasteiger partial charge >= 0.3 is 6.03 Å². The molecule has 2 amide bonds. The molecule has 10 heteroatoms. The smallest absolute Gasteiger partial charge is 0.319 e. The van der Waals surface area contributed by atoms with Gasteiger partial charge in [0, 0.05) is 18.0 Å². The van der Waals surface area contributed by atoms with Crippen molar-refractivity contribution in [1.82, 2.24) is 30.0 Å². The predicted octanol–water partition coefficient (Wildman–Crippen LogP) is 3.35. The number of urea groups is 1. The van der Waals surface area contributed by atoms with Gasteiger partial charge in [0.15, 0.2) is 11.6 Å². The second-order valence-electron chi connectivity index (χ2n) is 7.21. The van der Waals surface area contributed by atoms with Gasteiger partial charge in [0.05, 0.1) is 23.6 Å². The van der Waals surface area contributed by atoms with Crippen LogP contribution in [0, 0.1) is 0 Å². The number of aryl methyl sites for hydroxylation is 1. The Hall–Kier alpha value is -3.04. The zero-order valence-electron chi connectivity index (χ0n) is 15.5. The number of halogens is 2. The summed E-state index contributed by atoms with van der Waals surface area (Å²) >= 11 is 0. The number of alkyl halides is 2. The molecule has 3 N–H and O–H groups in total. The summed E-state index contributed by atoms with van der Waals surface area (Å²) in [5, 5.41) is 10.2. The third-order valence-electron chi connectivity index (χ3n) is 4.69. The van der Waals surface area contributed by atoms with E-state index in [0.29, 0.717) is 23.3 Å². The highest BCUT2D eigenvalue weighted by Gasteiger charge is 2.23. The van der Waals surface area contributed by atoms with Crippen LogP contribution in [0.1, 0.15) is 50.1 Å². The molecule has 1 aromatic carbocycles. The Balaban J connectivity index is 1.39. The van der Waals surface area contributed by atoms with Crippen molar-refractivity contribution in [3.05, 3.63) is 35.7 Å². The van der Waals surface area contributed by atoms with E-state index in [1.165, 1.54) is 0 Å². The van der Waals surface area contributed by atoms with Crippen molar-refractivity contribution in [1.29, 1.82) is 0 Å². The zero-order valence-corrected chi connectivity index (χ0v) is 15.5. The van der Waals surface area contributed by atoms with Crippen molar-refractivity contribution in [2.24, 2.45) is 0 Å². The number of H-pyrrole nitrogens is 1. The lowest BCUT2D eigenvalue weighted by molar-refractivity contribution is 0.142. The molecule has 1 aliphatic heterocycles. The maximum absolute atomic E-state index is 12.7. The fraction of sp³-hybridized carbons (Fsp3) is 0.444. The summed E-state index contributed by atoms with van der Waals surface area (Å²) in [6, 6.07) is 4.38. The van der Waals surface area contributed by atoms with Gasteiger partial charge in [-0.05, 0) is 24.6 Å². The van der Waals surface area contributed by atoms with E-state index in [1.54, 1.807) is 18.2 Å². The molecule has 1 unspecified atom stereocenters. The molecule has 0 aliphatic carbocycles. The van der Waals surface area contributed by atoms with E-state index in [-0.39, 0.29) is 23.8 Å². The van der Waals surface area contributed by atoms with E-state index in [0.717, 1.165) is 24.5 Å². The van der Waals surface area contributed by atoms with Crippen LogP contribution in [0.3, 0.4) is 0 Å². The van der Waals surface area contributed by atoms with Gasteiger partial charge in [0.2, 0.25) is 0 Å². The van der Waals surface area contributed by atoms with Gasteiger partial charge in [-0.2, -0.15) is 5.10 Å². The summed E-state index contributed by atoms with van der Waals surface area (Å²) < 4.78 is 27.3. The quantitative estimate of drug-likeness (QED) is 0.637. The summed E-state index contributed by atoms with van der Waals surface area (Å²) in [5.41, 5.74) is 1.36. The molecule has 148 valence electrons. The van der Waals surface area contributed by atoms with Crippen LogP contribution in [0.5, 0.6) is 0 Å². The van der Waals surface area contributed by atoms with Crippen LogP contribution in [0.4, 0.5) is 19.3 Å². The molecule has 1 atom stereocenters. The molecule has 8 nitrogen and oxygen atoms in total. The Morgan fingerprint density at radius 1 is 1.32 bits per heavy atom. The number of fused-ring (bicyclic) bond motifs is 2. The first-order valence-electron chi connectivity index (χ1n) is 9.18. The fourth-order valence-corrected chi connectivity index (χ4v) is 3.25. The number of aromatic amines is 1. The van der Waals surface area contributed by atoms with Crippen LogP contribution in [0.25, 0.3) is 11.0 Å². The van der Waals surface area contributed by atoms with Crippen LogP contribution in [0.2, 0.25) is 0 Å². The summed E-state index contributed by atoms with van der Waals surface area (Å²) in [5.74, 6) is 1.64. The number of nitrogens with zero attached hydrogens (tertiary/aromatic N) is 4.